The number of nitrogens with two attached hydrogens (primary N) is 1. The van der Waals surface area contributed by atoms with Crippen molar-refractivity contribution in [2.75, 3.05) is 4.90 Å². The SMILES string of the molecule is CC1(C)CCC2=C(C1)N(c1ccc([N+](=O)[O-])cc1)C(N)=C(C#N)[C@H]2c1ccc(Cl)cc1. The van der Waals surface area contributed by atoms with Crippen molar-refractivity contribution in [2.24, 2.45) is 11.1 Å². The first-order valence-electron chi connectivity index (χ1n) is 10.1. The number of nitro groups is 1. The maximum Gasteiger partial charge on any atom is 0.269 e. The van der Waals surface area contributed by atoms with Gasteiger partial charge in [-0.3, -0.25) is 15.0 Å². The topological polar surface area (TPSA) is 96.2 Å². The monoisotopic (exact) mass is 434 g/mol. The molecular weight excluding hydrogens is 412 g/mol. The molecule has 4 rings (SSSR count). The van der Waals surface area contributed by atoms with Crippen LogP contribution in [0.4, 0.5) is 11.4 Å². The molecule has 2 aromatic carbocycles. The number of nitrogens with zero attached hydrogens (tertiary/aromatic N) is 3. The van der Waals surface area contributed by atoms with Gasteiger partial charge in [0.15, 0.2) is 0 Å². The van der Waals surface area contributed by atoms with Gasteiger partial charge in [0.2, 0.25) is 0 Å². The quantitative estimate of drug-likeness (QED) is 0.471. The van der Waals surface area contributed by atoms with E-state index in [0.717, 1.165) is 36.2 Å². The number of halogens is 1. The Morgan fingerprint density at radius 1 is 1.19 bits per heavy atom. The van der Waals surface area contributed by atoms with Gasteiger partial charge in [-0.05, 0) is 60.1 Å². The summed E-state index contributed by atoms with van der Waals surface area (Å²) in [6.45, 7) is 4.45. The van der Waals surface area contributed by atoms with E-state index in [1.165, 1.54) is 17.7 Å². The van der Waals surface area contributed by atoms with Crippen molar-refractivity contribution in [2.45, 2.75) is 39.0 Å². The predicted molar refractivity (Wildman–Crippen MR) is 121 cm³/mol. The van der Waals surface area contributed by atoms with E-state index in [2.05, 4.69) is 19.9 Å². The smallest absolute Gasteiger partial charge is 0.269 e. The molecular formula is C24H23ClN4O2. The van der Waals surface area contributed by atoms with Crippen molar-refractivity contribution in [3.8, 4) is 6.07 Å². The molecule has 0 saturated heterocycles. The zero-order valence-corrected chi connectivity index (χ0v) is 18.2. The highest BCUT2D eigenvalue weighted by molar-refractivity contribution is 6.30. The van der Waals surface area contributed by atoms with Crippen LogP contribution in [0.1, 0.15) is 44.6 Å². The summed E-state index contributed by atoms with van der Waals surface area (Å²) in [5.74, 6) is 0.149. The number of rotatable bonds is 3. The van der Waals surface area contributed by atoms with E-state index in [1.54, 1.807) is 12.1 Å². The van der Waals surface area contributed by atoms with Crippen molar-refractivity contribution >= 4 is 23.0 Å². The average molecular weight is 435 g/mol. The Labute approximate surface area is 186 Å². The molecule has 31 heavy (non-hydrogen) atoms. The van der Waals surface area contributed by atoms with E-state index >= 15 is 0 Å². The van der Waals surface area contributed by atoms with Gasteiger partial charge in [-0.25, -0.2) is 0 Å². The van der Waals surface area contributed by atoms with Gasteiger partial charge in [-0.15, -0.1) is 0 Å². The molecule has 2 aromatic rings. The Morgan fingerprint density at radius 2 is 1.84 bits per heavy atom. The average Bonchev–Trinajstić information content (AvgIpc) is 2.73. The molecule has 0 bridgehead atoms. The number of anilines is 1. The highest BCUT2D eigenvalue weighted by atomic mass is 35.5. The van der Waals surface area contributed by atoms with Crippen LogP contribution in [-0.4, -0.2) is 4.92 Å². The first-order valence-corrected chi connectivity index (χ1v) is 10.5. The number of non-ortho nitro benzene ring substituents is 1. The summed E-state index contributed by atoms with van der Waals surface area (Å²) in [6.07, 6.45) is 2.64. The summed E-state index contributed by atoms with van der Waals surface area (Å²) in [5, 5.41) is 21.8. The highest BCUT2D eigenvalue weighted by Crippen LogP contribution is 2.51. The van der Waals surface area contributed by atoms with Crippen molar-refractivity contribution < 1.29 is 4.92 Å². The minimum absolute atomic E-state index is 0.0148. The Hall–Kier alpha value is -3.30. The first kappa shape index (κ1) is 21.0. The molecule has 2 aliphatic rings. The van der Waals surface area contributed by atoms with Gasteiger partial charge in [0.1, 0.15) is 5.82 Å². The van der Waals surface area contributed by atoms with Crippen LogP contribution in [0.15, 0.2) is 71.2 Å². The summed E-state index contributed by atoms with van der Waals surface area (Å²) in [6, 6.07) is 16.2. The molecule has 0 aromatic heterocycles. The zero-order chi connectivity index (χ0) is 22.3. The fraction of sp³-hybridized carbons (Fsp3) is 0.292. The van der Waals surface area contributed by atoms with Gasteiger partial charge in [0.05, 0.1) is 16.6 Å². The number of nitro benzene ring substituents is 1. The van der Waals surface area contributed by atoms with Crippen LogP contribution in [0.2, 0.25) is 5.02 Å². The van der Waals surface area contributed by atoms with Gasteiger partial charge in [-0.2, -0.15) is 5.26 Å². The van der Waals surface area contributed by atoms with Crippen molar-refractivity contribution in [1.82, 2.24) is 0 Å². The lowest BCUT2D eigenvalue weighted by Crippen LogP contribution is -2.39. The van der Waals surface area contributed by atoms with Crippen LogP contribution < -0.4 is 10.6 Å². The summed E-state index contributed by atoms with van der Waals surface area (Å²) in [4.78, 5) is 12.6. The lowest BCUT2D eigenvalue weighted by atomic mass is 9.69. The Kier molecular flexibility index (Phi) is 5.24. The van der Waals surface area contributed by atoms with Crippen LogP contribution in [0.5, 0.6) is 0 Å². The molecule has 0 amide bonds. The van der Waals surface area contributed by atoms with Gasteiger partial charge < -0.3 is 5.73 Å². The molecule has 6 nitrogen and oxygen atoms in total. The van der Waals surface area contributed by atoms with Gasteiger partial charge >= 0.3 is 0 Å². The third kappa shape index (κ3) is 3.77. The van der Waals surface area contributed by atoms with Crippen molar-refractivity contribution in [1.29, 1.82) is 5.26 Å². The number of benzene rings is 2. The van der Waals surface area contributed by atoms with E-state index < -0.39 is 4.92 Å². The maximum atomic E-state index is 11.1. The van der Waals surface area contributed by atoms with E-state index in [9.17, 15) is 15.4 Å². The molecule has 0 unspecified atom stereocenters. The van der Waals surface area contributed by atoms with Crippen molar-refractivity contribution in [3.63, 3.8) is 0 Å². The summed E-state index contributed by atoms with van der Waals surface area (Å²) in [7, 11) is 0. The third-order valence-corrected chi connectivity index (χ3v) is 6.41. The molecule has 0 saturated carbocycles. The highest BCUT2D eigenvalue weighted by Gasteiger charge is 2.40. The van der Waals surface area contributed by atoms with Crippen LogP contribution in [-0.2, 0) is 0 Å². The first-order chi connectivity index (χ1) is 14.7. The second-order valence-electron chi connectivity index (χ2n) is 8.82. The third-order valence-electron chi connectivity index (χ3n) is 6.15. The fourth-order valence-corrected chi connectivity index (χ4v) is 4.68. The molecule has 1 heterocycles. The lowest BCUT2D eigenvalue weighted by Gasteiger charge is -2.44. The van der Waals surface area contributed by atoms with E-state index in [1.807, 2.05) is 29.2 Å². The Bertz CT molecular complexity index is 1140. The minimum Gasteiger partial charge on any atom is -0.384 e. The molecule has 1 atom stereocenters. The van der Waals surface area contributed by atoms with Crippen LogP contribution >= 0.6 is 11.6 Å². The van der Waals surface area contributed by atoms with E-state index in [0.29, 0.717) is 16.4 Å². The van der Waals surface area contributed by atoms with Gasteiger partial charge in [-0.1, -0.05) is 37.6 Å². The molecule has 1 aliphatic heterocycles. The summed E-state index contributed by atoms with van der Waals surface area (Å²) in [5.41, 5.74) is 11.1. The normalized spacial score (nSPS) is 20.3. The van der Waals surface area contributed by atoms with Crippen LogP contribution in [0.25, 0.3) is 0 Å². The Balaban J connectivity index is 1.90. The zero-order valence-electron chi connectivity index (χ0n) is 17.4. The second-order valence-corrected chi connectivity index (χ2v) is 9.25. The molecule has 7 heteroatoms. The molecule has 0 spiro atoms. The van der Waals surface area contributed by atoms with Crippen LogP contribution in [0, 0.1) is 26.9 Å². The van der Waals surface area contributed by atoms with Gasteiger partial charge in [0.25, 0.3) is 5.69 Å². The van der Waals surface area contributed by atoms with E-state index in [4.69, 9.17) is 17.3 Å². The number of hydrogen-bond acceptors (Lipinski definition) is 5. The molecule has 0 fully saturated rings. The maximum absolute atomic E-state index is 11.1. The molecule has 1 aliphatic carbocycles. The second kappa shape index (κ2) is 7.75. The molecule has 158 valence electrons. The number of hydrogen-bond donors (Lipinski definition) is 1. The summed E-state index contributed by atoms with van der Waals surface area (Å²) >= 11 is 6.09. The predicted octanol–water partition coefficient (Wildman–Crippen LogP) is 6.01. The van der Waals surface area contributed by atoms with Crippen LogP contribution in [0.3, 0.4) is 0 Å². The Morgan fingerprint density at radius 3 is 2.42 bits per heavy atom. The fourth-order valence-electron chi connectivity index (χ4n) is 4.56. The van der Waals surface area contributed by atoms with Crippen molar-refractivity contribution in [3.05, 3.63) is 91.9 Å². The lowest BCUT2D eigenvalue weighted by molar-refractivity contribution is -0.384. The largest absolute Gasteiger partial charge is 0.384 e. The van der Waals surface area contributed by atoms with E-state index in [-0.39, 0.29) is 17.0 Å². The molecule has 0 radical (unpaired) electrons. The number of allylic oxidation sites excluding steroid dienone is 3. The number of nitriles is 1. The molecule has 2 N–H and O–H groups in total. The summed E-state index contributed by atoms with van der Waals surface area (Å²) < 4.78 is 0. The van der Waals surface area contributed by atoms with Gasteiger partial charge in [0, 0.05) is 34.5 Å². The minimum atomic E-state index is -0.426. The standard InChI is InChI=1S/C24H23ClN4O2/c1-24(2)12-11-19-21(13-24)28(17-7-9-18(10-8-17)29(30)31)23(27)20(14-26)22(19)15-3-5-16(25)6-4-15/h3-10,22H,11-13,27H2,1-2H3/t22-/m0/s1.